The van der Waals surface area contributed by atoms with Crippen LogP contribution < -0.4 is 22.3 Å². The number of hydrazine groups is 1. The summed E-state index contributed by atoms with van der Waals surface area (Å²) in [5.74, 6) is 0.0996. The molecule has 0 unspecified atom stereocenters. The molecule has 0 atom stereocenters. The van der Waals surface area contributed by atoms with E-state index >= 15 is 0 Å². The molecule has 98 valence electrons. The van der Waals surface area contributed by atoms with Gasteiger partial charge < -0.3 is 11.5 Å². The van der Waals surface area contributed by atoms with Gasteiger partial charge in [-0.05, 0) is 24.3 Å². The van der Waals surface area contributed by atoms with Crippen LogP contribution in [0.2, 0.25) is 0 Å². The Morgan fingerprint density at radius 3 is 2.33 bits per heavy atom. The van der Waals surface area contributed by atoms with Crippen molar-refractivity contribution in [1.82, 2.24) is 5.43 Å². The lowest BCUT2D eigenvalue weighted by atomic mass is 10.3. The molecule has 2 amide bonds. The Labute approximate surface area is 110 Å². The number of nitrogens with one attached hydrogen (secondary N) is 2. The molecule has 0 aromatic heterocycles. The molecule has 0 heterocycles. The number of hydrogen-bond acceptors (Lipinski definition) is 4. The van der Waals surface area contributed by atoms with Gasteiger partial charge >= 0.3 is 6.03 Å². The van der Waals surface area contributed by atoms with Crippen molar-refractivity contribution < 1.29 is 4.79 Å². The molecule has 0 aliphatic rings. The Morgan fingerprint density at radius 2 is 1.83 bits per heavy atom. The number of azo groups is 1. The minimum absolute atomic E-state index is 0. The van der Waals surface area contributed by atoms with Gasteiger partial charge in [0.05, 0.1) is 11.4 Å². The first-order chi connectivity index (χ1) is 8.11. The van der Waals surface area contributed by atoms with Crippen LogP contribution in [-0.2, 0) is 0 Å². The number of halogens is 1. The van der Waals surface area contributed by atoms with E-state index in [0.717, 1.165) is 0 Å². The lowest BCUT2D eigenvalue weighted by molar-refractivity contribution is 0.250. The third kappa shape index (κ3) is 5.66. The van der Waals surface area contributed by atoms with Gasteiger partial charge in [0.25, 0.3) is 0 Å². The molecular formula is C9H14ClN7O. The van der Waals surface area contributed by atoms with Crippen LogP contribution in [-0.4, -0.2) is 19.0 Å². The second-order valence-electron chi connectivity index (χ2n) is 2.94. The Kier molecular flexibility index (Phi) is 6.82. The summed E-state index contributed by atoms with van der Waals surface area (Å²) in [5.41, 5.74) is 16.4. The molecule has 18 heavy (non-hydrogen) atoms. The first-order valence-corrected chi connectivity index (χ1v) is 4.67. The minimum Gasteiger partial charge on any atom is -0.367 e. The topological polar surface area (TPSA) is 130 Å². The number of guanidine groups is 1. The maximum atomic E-state index is 10.4. The van der Waals surface area contributed by atoms with Gasteiger partial charge in [0.15, 0.2) is 0 Å². The molecule has 0 aliphatic carbocycles. The number of rotatable bonds is 3. The van der Waals surface area contributed by atoms with Crippen LogP contribution in [0.5, 0.6) is 0 Å². The molecule has 9 heteroatoms. The summed E-state index contributed by atoms with van der Waals surface area (Å²) in [7, 11) is 1.52. The average molecular weight is 272 g/mol. The summed E-state index contributed by atoms with van der Waals surface area (Å²) in [6.45, 7) is 0. The quantitative estimate of drug-likeness (QED) is 0.284. The fraction of sp³-hybridized carbons (Fsp3) is 0.111. The summed E-state index contributed by atoms with van der Waals surface area (Å²) in [4.78, 5) is 14.1. The van der Waals surface area contributed by atoms with E-state index in [2.05, 4.69) is 26.1 Å². The number of nitrogens with two attached hydrogens (primary N) is 2. The van der Waals surface area contributed by atoms with Crippen LogP contribution >= 0.6 is 12.4 Å². The predicted octanol–water partition coefficient (Wildman–Crippen LogP) is 1.13. The molecule has 0 fully saturated rings. The van der Waals surface area contributed by atoms with Crippen molar-refractivity contribution >= 4 is 35.8 Å². The first-order valence-electron chi connectivity index (χ1n) is 4.67. The lowest BCUT2D eigenvalue weighted by Crippen LogP contribution is -2.34. The Bertz CT molecular complexity index is 443. The number of amides is 2. The smallest absolute Gasteiger partial charge is 0.330 e. The highest BCUT2D eigenvalue weighted by Gasteiger charge is 1.94. The molecule has 0 aliphatic heterocycles. The molecule has 0 saturated heterocycles. The fourth-order valence-corrected chi connectivity index (χ4v) is 0.899. The third-order valence-corrected chi connectivity index (χ3v) is 1.69. The number of anilines is 1. The summed E-state index contributed by atoms with van der Waals surface area (Å²) in [6.07, 6.45) is 0. The van der Waals surface area contributed by atoms with Crippen molar-refractivity contribution in [3.63, 3.8) is 0 Å². The van der Waals surface area contributed by atoms with Crippen LogP contribution in [0, 0.1) is 0 Å². The number of primary amides is 1. The zero-order valence-electron chi connectivity index (χ0n) is 9.62. The summed E-state index contributed by atoms with van der Waals surface area (Å²) < 4.78 is 0. The molecule has 0 spiro atoms. The number of aliphatic imine (C=N–C) groups is 1. The fourth-order valence-electron chi connectivity index (χ4n) is 0.899. The van der Waals surface area contributed by atoms with Crippen molar-refractivity contribution in [1.29, 1.82) is 0 Å². The van der Waals surface area contributed by atoms with Gasteiger partial charge in [0.1, 0.15) is 0 Å². The van der Waals surface area contributed by atoms with Gasteiger partial charge in [-0.25, -0.2) is 4.79 Å². The Hall–Kier alpha value is -2.35. The standard InChI is InChI=1S/C9H13N7O.ClH/c1-12-8(10)15-13-6-2-4-7(5-3-6)14-16-9(11)17;/h2-5,14H,1H3,(H2,10,12)(H3,11,16,17);1H. The molecule has 1 aromatic rings. The molecule has 6 N–H and O–H groups in total. The zero-order chi connectivity index (χ0) is 12.7. The van der Waals surface area contributed by atoms with E-state index < -0.39 is 6.03 Å². The van der Waals surface area contributed by atoms with Crippen molar-refractivity contribution in [2.24, 2.45) is 26.7 Å². The number of carbonyl (C=O) groups excluding carboxylic acids is 1. The molecule has 0 saturated carbocycles. The third-order valence-electron chi connectivity index (χ3n) is 1.69. The highest BCUT2D eigenvalue weighted by molar-refractivity contribution is 5.85. The molecule has 0 radical (unpaired) electrons. The van der Waals surface area contributed by atoms with E-state index in [4.69, 9.17) is 11.5 Å². The van der Waals surface area contributed by atoms with Crippen LogP contribution in [0.4, 0.5) is 16.2 Å². The normalized spacial score (nSPS) is 10.8. The molecule has 1 aromatic carbocycles. The van der Waals surface area contributed by atoms with Crippen molar-refractivity contribution in [2.45, 2.75) is 0 Å². The largest absolute Gasteiger partial charge is 0.367 e. The monoisotopic (exact) mass is 271 g/mol. The number of urea groups is 1. The van der Waals surface area contributed by atoms with E-state index in [0.29, 0.717) is 11.4 Å². The second kappa shape index (κ2) is 7.85. The predicted molar refractivity (Wildman–Crippen MR) is 72.1 cm³/mol. The van der Waals surface area contributed by atoms with E-state index in [-0.39, 0.29) is 18.4 Å². The molecular weight excluding hydrogens is 258 g/mol. The van der Waals surface area contributed by atoms with Crippen LogP contribution in [0.15, 0.2) is 39.5 Å². The maximum absolute atomic E-state index is 10.4. The van der Waals surface area contributed by atoms with E-state index in [1.54, 1.807) is 24.3 Å². The van der Waals surface area contributed by atoms with Gasteiger partial charge in [-0.1, -0.05) is 0 Å². The highest BCUT2D eigenvalue weighted by Crippen LogP contribution is 2.15. The number of carbonyl (C=O) groups is 1. The number of benzene rings is 1. The average Bonchev–Trinajstić information content (AvgIpc) is 2.34. The molecule has 8 nitrogen and oxygen atoms in total. The van der Waals surface area contributed by atoms with Crippen molar-refractivity contribution in [3.8, 4) is 0 Å². The lowest BCUT2D eigenvalue weighted by Gasteiger charge is -2.05. The van der Waals surface area contributed by atoms with Gasteiger partial charge in [-0.15, -0.1) is 22.6 Å². The summed E-state index contributed by atoms with van der Waals surface area (Å²) in [6, 6.07) is 6.11. The van der Waals surface area contributed by atoms with E-state index in [9.17, 15) is 4.79 Å². The summed E-state index contributed by atoms with van der Waals surface area (Å²) >= 11 is 0. The van der Waals surface area contributed by atoms with Gasteiger partial charge in [0, 0.05) is 7.05 Å². The Morgan fingerprint density at radius 1 is 1.22 bits per heavy atom. The summed E-state index contributed by atoms with van der Waals surface area (Å²) in [5, 5.41) is 7.50. The molecule has 0 bridgehead atoms. The number of nitrogens with zero attached hydrogens (tertiary/aromatic N) is 3. The van der Waals surface area contributed by atoms with Crippen molar-refractivity contribution in [2.75, 3.05) is 12.5 Å². The first kappa shape index (κ1) is 15.7. The van der Waals surface area contributed by atoms with Gasteiger partial charge in [-0.2, -0.15) is 0 Å². The van der Waals surface area contributed by atoms with Crippen LogP contribution in [0.25, 0.3) is 0 Å². The van der Waals surface area contributed by atoms with Crippen LogP contribution in [0.1, 0.15) is 0 Å². The minimum atomic E-state index is -0.666. The van der Waals surface area contributed by atoms with Crippen LogP contribution in [0.3, 0.4) is 0 Å². The van der Waals surface area contributed by atoms with Gasteiger partial charge in [0.2, 0.25) is 5.96 Å². The van der Waals surface area contributed by atoms with E-state index in [1.165, 1.54) is 7.05 Å². The molecule has 1 rings (SSSR count). The van der Waals surface area contributed by atoms with E-state index in [1.807, 2.05) is 0 Å². The second-order valence-corrected chi connectivity index (χ2v) is 2.94. The number of hydrogen-bond donors (Lipinski definition) is 4. The van der Waals surface area contributed by atoms with Gasteiger partial charge in [-0.3, -0.25) is 15.8 Å². The van der Waals surface area contributed by atoms with Crippen molar-refractivity contribution in [3.05, 3.63) is 24.3 Å². The maximum Gasteiger partial charge on any atom is 0.330 e. The SMILES string of the molecule is CN=C(N)N=Nc1ccc(NNC(N)=O)cc1.Cl. The highest BCUT2D eigenvalue weighted by atomic mass is 35.5. The zero-order valence-corrected chi connectivity index (χ0v) is 10.4. The Balaban J connectivity index is 0.00000289.